The molecular formula is C17H18N2S. The van der Waals surface area contributed by atoms with Gasteiger partial charge in [0, 0.05) is 29.4 Å². The van der Waals surface area contributed by atoms with E-state index in [-0.39, 0.29) is 0 Å². The topological polar surface area (TPSA) is 27.0 Å². The summed E-state index contributed by atoms with van der Waals surface area (Å²) in [5.74, 6) is 1.02. The average Bonchev–Trinajstić information content (AvgIpc) is 2.52. The largest absolute Gasteiger partial charge is 0.370 e. The molecule has 0 radical (unpaired) electrons. The normalized spacial score (nSPS) is 9.95. The molecular weight excluding hydrogens is 264 g/mol. The van der Waals surface area contributed by atoms with Crippen LogP contribution in [0.4, 0.5) is 5.69 Å². The third-order valence-electron chi connectivity index (χ3n) is 2.99. The monoisotopic (exact) mass is 282 g/mol. The van der Waals surface area contributed by atoms with Crippen LogP contribution in [0, 0.1) is 11.3 Å². The van der Waals surface area contributed by atoms with Crippen molar-refractivity contribution in [2.24, 2.45) is 0 Å². The predicted molar refractivity (Wildman–Crippen MR) is 86.1 cm³/mol. The quantitative estimate of drug-likeness (QED) is 0.712. The van der Waals surface area contributed by atoms with Crippen LogP contribution < -0.4 is 4.90 Å². The fourth-order valence-corrected chi connectivity index (χ4v) is 2.88. The highest BCUT2D eigenvalue weighted by molar-refractivity contribution is 7.99. The third-order valence-corrected chi connectivity index (χ3v) is 3.98. The fraction of sp³-hybridized carbons (Fsp3) is 0.235. The predicted octanol–water partition coefficient (Wildman–Crippen LogP) is 4.20. The second-order valence-corrected chi connectivity index (χ2v) is 5.56. The number of hydrogen-bond donors (Lipinski definition) is 0. The lowest BCUT2D eigenvalue weighted by Crippen LogP contribution is -2.26. The number of thioether (sulfide) groups is 1. The van der Waals surface area contributed by atoms with Crippen molar-refractivity contribution in [1.82, 2.24) is 0 Å². The molecule has 0 heterocycles. The van der Waals surface area contributed by atoms with Gasteiger partial charge in [0.15, 0.2) is 0 Å². The van der Waals surface area contributed by atoms with Crippen LogP contribution in [0.2, 0.25) is 0 Å². The second kappa shape index (κ2) is 8.29. The molecule has 0 unspecified atom stereocenters. The molecule has 0 spiro atoms. The Bertz CT molecular complexity index is 534. The van der Waals surface area contributed by atoms with Crippen molar-refractivity contribution < 1.29 is 0 Å². The van der Waals surface area contributed by atoms with E-state index in [1.165, 1.54) is 10.6 Å². The molecule has 0 saturated heterocycles. The molecule has 0 N–H and O–H groups in total. The molecule has 0 aliphatic carbocycles. The van der Waals surface area contributed by atoms with Gasteiger partial charge in [0.1, 0.15) is 0 Å². The molecule has 0 fully saturated rings. The highest BCUT2D eigenvalue weighted by Gasteiger charge is 2.05. The lowest BCUT2D eigenvalue weighted by Gasteiger charge is -2.23. The van der Waals surface area contributed by atoms with Crippen LogP contribution in [0.25, 0.3) is 0 Å². The first-order valence-corrected chi connectivity index (χ1v) is 7.73. The zero-order chi connectivity index (χ0) is 14.0. The van der Waals surface area contributed by atoms with Crippen LogP contribution in [0.1, 0.15) is 6.42 Å². The summed E-state index contributed by atoms with van der Waals surface area (Å²) in [4.78, 5) is 3.57. The van der Waals surface area contributed by atoms with E-state index in [2.05, 4.69) is 47.4 Å². The van der Waals surface area contributed by atoms with Crippen molar-refractivity contribution in [1.29, 1.82) is 5.26 Å². The molecule has 2 nitrogen and oxygen atoms in total. The lowest BCUT2D eigenvalue weighted by atomic mass is 10.2. The molecule has 3 heteroatoms. The maximum absolute atomic E-state index is 8.78. The van der Waals surface area contributed by atoms with Crippen molar-refractivity contribution in [3.05, 3.63) is 60.7 Å². The Hall–Kier alpha value is -1.92. The van der Waals surface area contributed by atoms with Crippen LogP contribution in [0.15, 0.2) is 65.6 Å². The van der Waals surface area contributed by atoms with Crippen LogP contribution >= 0.6 is 11.8 Å². The van der Waals surface area contributed by atoms with Crippen molar-refractivity contribution in [2.75, 3.05) is 23.7 Å². The van der Waals surface area contributed by atoms with Crippen LogP contribution in [0.3, 0.4) is 0 Å². The highest BCUT2D eigenvalue weighted by Crippen LogP contribution is 2.19. The van der Waals surface area contributed by atoms with Gasteiger partial charge in [0.2, 0.25) is 0 Å². The lowest BCUT2D eigenvalue weighted by molar-refractivity contribution is 0.832. The number of nitrogens with zero attached hydrogens (tertiary/aromatic N) is 2. The average molecular weight is 282 g/mol. The first kappa shape index (κ1) is 14.5. The van der Waals surface area contributed by atoms with Gasteiger partial charge in [-0.15, -0.1) is 11.8 Å². The van der Waals surface area contributed by atoms with E-state index in [9.17, 15) is 0 Å². The van der Waals surface area contributed by atoms with E-state index in [1.54, 1.807) is 0 Å². The Kier molecular flexibility index (Phi) is 6.01. The van der Waals surface area contributed by atoms with Gasteiger partial charge in [-0.25, -0.2) is 0 Å². The molecule has 20 heavy (non-hydrogen) atoms. The standard InChI is InChI=1S/C17H18N2S/c18-12-7-13-19(16-8-3-1-4-9-16)14-15-20-17-10-5-2-6-11-17/h1-6,8-11H,7,13-15H2. The summed E-state index contributed by atoms with van der Waals surface area (Å²) in [6.45, 7) is 1.74. The number of hydrogen-bond acceptors (Lipinski definition) is 3. The zero-order valence-corrected chi connectivity index (χ0v) is 12.2. The van der Waals surface area contributed by atoms with E-state index >= 15 is 0 Å². The molecule has 0 aromatic heterocycles. The van der Waals surface area contributed by atoms with E-state index in [4.69, 9.17) is 5.26 Å². The van der Waals surface area contributed by atoms with Crippen molar-refractivity contribution in [3.8, 4) is 6.07 Å². The number of anilines is 1. The Morgan fingerprint density at radius 1 is 0.900 bits per heavy atom. The van der Waals surface area contributed by atoms with Crippen LogP contribution in [-0.4, -0.2) is 18.8 Å². The van der Waals surface area contributed by atoms with Gasteiger partial charge in [-0.05, 0) is 24.3 Å². The molecule has 0 aliphatic heterocycles. The summed E-state index contributed by atoms with van der Waals surface area (Å²) in [7, 11) is 0. The van der Waals surface area contributed by atoms with Crippen molar-refractivity contribution in [2.45, 2.75) is 11.3 Å². The van der Waals surface area contributed by atoms with E-state index in [1.807, 2.05) is 36.0 Å². The number of para-hydroxylation sites is 1. The summed E-state index contributed by atoms with van der Waals surface area (Å²) in [5, 5.41) is 8.78. The van der Waals surface area contributed by atoms with E-state index in [0.717, 1.165) is 18.8 Å². The molecule has 102 valence electrons. The Labute approximate surface area is 125 Å². The first-order valence-electron chi connectivity index (χ1n) is 6.75. The molecule has 2 aromatic rings. The van der Waals surface area contributed by atoms with Crippen molar-refractivity contribution >= 4 is 17.4 Å². The first-order chi connectivity index (χ1) is 9.90. The Morgan fingerprint density at radius 3 is 2.20 bits per heavy atom. The fourth-order valence-electron chi connectivity index (χ4n) is 1.98. The number of nitriles is 1. The molecule has 0 aliphatic rings. The van der Waals surface area contributed by atoms with E-state index < -0.39 is 0 Å². The van der Waals surface area contributed by atoms with Crippen molar-refractivity contribution in [3.63, 3.8) is 0 Å². The molecule has 2 aromatic carbocycles. The summed E-state index contributed by atoms with van der Waals surface area (Å²) in [6, 6.07) is 23.0. The molecule has 0 amide bonds. The zero-order valence-electron chi connectivity index (χ0n) is 11.4. The molecule has 2 rings (SSSR count). The van der Waals surface area contributed by atoms with Gasteiger partial charge < -0.3 is 4.90 Å². The van der Waals surface area contributed by atoms with E-state index in [0.29, 0.717) is 6.42 Å². The second-order valence-electron chi connectivity index (χ2n) is 4.39. The summed E-state index contributed by atoms with van der Waals surface area (Å²) in [5.41, 5.74) is 1.19. The minimum Gasteiger partial charge on any atom is -0.370 e. The minimum absolute atomic E-state index is 0.560. The maximum atomic E-state index is 8.78. The minimum atomic E-state index is 0.560. The van der Waals surface area contributed by atoms with Gasteiger partial charge in [-0.1, -0.05) is 36.4 Å². The van der Waals surface area contributed by atoms with Crippen LogP contribution in [-0.2, 0) is 0 Å². The summed E-state index contributed by atoms with van der Waals surface area (Å²) >= 11 is 1.85. The molecule has 0 bridgehead atoms. The van der Waals surface area contributed by atoms with Gasteiger partial charge in [-0.3, -0.25) is 0 Å². The van der Waals surface area contributed by atoms with Crippen LogP contribution in [0.5, 0.6) is 0 Å². The Balaban J connectivity index is 1.90. The van der Waals surface area contributed by atoms with Gasteiger partial charge in [0.05, 0.1) is 12.5 Å². The molecule has 0 saturated carbocycles. The highest BCUT2D eigenvalue weighted by atomic mass is 32.2. The summed E-state index contributed by atoms with van der Waals surface area (Å²) < 4.78 is 0. The maximum Gasteiger partial charge on any atom is 0.0640 e. The summed E-state index contributed by atoms with van der Waals surface area (Å²) in [6.07, 6.45) is 0.560. The smallest absolute Gasteiger partial charge is 0.0640 e. The SMILES string of the molecule is N#CCCN(CCSc1ccccc1)c1ccccc1. The third kappa shape index (κ3) is 4.64. The number of rotatable bonds is 7. The van der Waals surface area contributed by atoms with Gasteiger partial charge >= 0.3 is 0 Å². The Morgan fingerprint density at radius 2 is 1.55 bits per heavy atom. The molecule has 0 atom stereocenters. The number of benzene rings is 2. The van der Waals surface area contributed by atoms with Gasteiger partial charge in [0.25, 0.3) is 0 Å². The van der Waals surface area contributed by atoms with Gasteiger partial charge in [-0.2, -0.15) is 5.26 Å².